The van der Waals surface area contributed by atoms with Gasteiger partial charge in [0.05, 0.1) is 6.07 Å². The number of nitrogens with zero attached hydrogens (tertiary/aromatic N) is 1. The van der Waals surface area contributed by atoms with Crippen molar-refractivity contribution in [3.8, 4) is 6.07 Å². The third-order valence-corrected chi connectivity index (χ3v) is 2.50. The quantitative estimate of drug-likeness (QED) is 0.476. The normalized spacial score (nSPS) is 35.1. The van der Waals surface area contributed by atoms with Crippen molar-refractivity contribution in [2.75, 3.05) is 0 Å². The van der Waals surface area contributed by atoms with Crippen LogP contribution in [0.5, 0.6) is 0 Å². The highest BCUT2D eigenvalue weighted by Crippen LogP contribution is 2.33. The molecule has 2 atom stereocenters. The molecule has 0 aromatic rings. The largest absolute Gasteiger partial charge is 0.375 e. The Morgan fingerprint density at radius 3 is 2.75 bits per heavy atom. The van der Waals surface area contributed by atoms with E-state index in [2.05, 4.69) is 6.08 Å². The Labute approximate surface area is 73.5 Å². The van der Waals surface area contributed by atoms with E-state index in [0.29, 0.717) is 12.3 Å². The van der Waals surface area contributed by atoms with Crippen LogP contribution in [0.4, 0.5) is 0 Å². The maximum absolute atomic E-state index is 9.90. The second-order valence-corrected chi connectivity index (χ2v) is 3.77. The van der Waals surface area contributed by atoms with Crippen LogP contribution in [0.1, 0.15) is 26.7 Å². The molecule has 0 saturated carbocycles. The monoisotopic (exact) mass is 165 g/mol. The lowest BCUT2D eigenvalue weighted by Gasteiger charge is -2.33. The van der Waals surface area contributed by atoms with Gasteiger partial charge in [0.25, 0.3) is 0 Å². The molecule has 0 fully saturated rings. The molecular formula is C10H15NO. The summed E-state index contributed by atoms with van der Waals surface area (Å²) in [5.74, 6) is 0.322. The summed E-state index contributed by atoms with van der Waals surface area (Å²) in [4.78, 5) is 0. The van der Waals surface area contributed by atoms with Crippen LogP contribution in [0.3, 0.4) is 0 Å². The molecule has 2 nitrogen and oxygen atoms in total. The Morgan fingerprint density at radius 1 is 1.67 bits per heavy atom. The molecule has 0 aromatic carbocycles. The summed E-state index contributed by atoms with van der Waals surface area (Å²) >= 11 is 0. The van der Waals surface area contributed by atoms with Gasteiger partial charge in [-0.15, -0.1) is 0 Å². The van der Waals surface area contributed by atoms with Crippen molar-refractivity contribution in [3.05, 3.63) is 12.2 Å². The lowest BCUT2D eigenvalue weighted by Crippen LogP contribution is -2.39. The van der Waals surface area contributed by atoms with Gasteiger partial charge in [-0.2, -0.15) is 5.26 Å². The van der Waals surface area contributed by atoms with Gasteiger partial charge in [-0.1, -0.05) is 26.0 Å². The Balaban J connectivity index is 2.88. The smallest absolute Gasteiger partial charge is 0.157 e. The zero-order valence-electron chi connectivity index (χ0n) is 7.62. The molecule has 1 aliphatic rings. The lowest BCUT2D eigenvalue weighted by molar-refractivity contribution is 0.0243. The average Bonchev–Trinajstić information content (AvgIpc) is 2.05. The number of allylic oxidation sites excluding steroid dienone is 1. The minimum absolute atomic E-state index is 0.00347. The van der Waals surface area contributed by atoms with Gasteiger partial charge in [-0.25, -0.2) is 0 Å². The molecule has 0 saturated heterocycles. The topological polar surface area (TPSA) is 44.0 Å². The van der Waals surface area contributed by atoms with Gasteiger partial charge >= 0.3 is 0 Å². The zero-order chi connectivity index (χ0) is 9.19. The first-order chi connectivity index (χ1) is 5.60. The van der Waals surface area contributed by atoms with Gasteiger partial charge in [0.15, 0.2) is 5.60 Å². The summed E-state index contributed by atoms with van der Waals surface area (Å²) in [6, 6.07) is 2.02. The Bertz CT molecular complexity index is 226. The minimum Gasteiger partial charge on any atom is -0.375 e. The van der Waals surface area contributed by atoms with E-state index < -0.39 is 5.60 Å². The summed E-state index contributed by atoms with van der Waals surface area (Å²) in [6.45, 7) is 4.06. The van der Waals surface area contributed by atoms with Crippen LogP contribution in [0, 0.1) is 23.2 Å². The molecule has 12 heavy (non-hydrogen) atoms. The van der Waals surface area contributed by atoms with Crippen LogP contribution < -0.4 is 0 Å². The third-order valence-electron chi connectivity index (χ3n) is 2.50. The van der Waals surface area contributed by atoms with E-state index in [-0.39, 0.29) is 5.92 Å². The van der Waals surface area contributed by atoms with E-state index >= 15 is 0 Å². The predicted octanol–water partition coefficient (Wildman–Crippen LogP) is 1.86. The lowest BCUT2D eigenvalue weighted by atomic mass is 9.75. The first kappa shape index (κ1) is 9.28. The van der Waals surface area contributed by atoms with Gasteiger partial charge in [0, 0.05) is 5.92 Å². The summed E-state index contributed by atoms with van der Waals surface area (Å²) in [6.07, 6.45) is 5.41. The van der Waals surface area contributed by atoms with E-state index in [1.54, 1.807) is 0 Å². The number of hydrogen-bond acceptors (Lipinski definition) is 2. The summed E-state index contributed by atoms with van der Waals surface area (Å²) in [5, 5.41) is 18.7. The molecule has 0 radical (unpaired) electrons. The first-order valence-corrected chi connectivity index (χ1v) is 4.40. The van der Waals surface area contributed by atoms with Crippen LogP contribution in [0.2, 0.25) is 0 Å². The highest BCUT2D eigenvalue weighted by Gasteiger charge is 2.38. The van der Waals surface area contributed by atoms with Crippen LogP contribution in [-0.4, -0.2) is 10.7 Å². The van der Waals surface area contributed by atoms with Crippen LogP contribution in [0.15, 0.2) is 12.2 Å². The molecule has 1 rings (SSSR count). The molecule has 0 heterocycles. The van der Waals surface area contributed by atoms with Crippen molar-refractivity contribution in [2.24, 2.45) is 11.8 Å². The zero-order valence-corrected chi connectivity index (χ0v) is 7.62. The molecule has 0 aromatic heterocycles. The highest BCUT2D eigenvalue weighted by molar-refractivity contribution is 5.15. The van der Waals surface area contributed by atoms with Crippen LogP contribution in [-0.2, 0) is 0 Å². The second-order valence-electron chi connectivity index (χ2n) is 3.77. The SMILES string of the molecule is CC(C)C1C=CCCC1(O)C#N. The summed E-state index contributed by atoms with van der Waals surface area (Å²) in [5.41, 5.74) is -1.12. The van der Waals surface area contributed by atoms with Crippen molar-refractivity contribution in [2.45, 2.75) is 32.3 Å². The third kappa shape index (κ3) is 1.51. The van der Waals surface area contributed by atoms with Gasteiger partial charge in [-0.3, -0.25) is 0 Å². The molecule has 66 valence electrons. The number of rotatable bonds is 1. The first-order valence-electron chi connectivity index (χ1n) is 4.40. The molecule has 2 unspecified atom stereocenters. The van der Waals surface area contributed by atoms with Crippen molar-refractivity contribution in [1.29, 1.82) is 5.26 Å². The summed E-state index contributed by atoms with van der Waals surface area (Å²) < 4.78 is 0. The molecule has 1 aliphatic carbocycles. The van der Waals surface area contributed by atoms with Crippen molar-refractivity contribution in [3.63, 3.8) is 0 Å². The van der Waals surface area contributed by atoms with Crippen LogP contribution in [0.25, 0.3) is 0 Å². The second kappa shape index (κ2) is 3.28. The van der Waals surface area contributed by atoms with Gasteiger partial charge < -0.3 is 5.11 Å². The molecule has 0 bridgehead atoms. The predicted molar refractivity (Wildman–Crippen MR) is 47.3 cm³/mol. The van der Waals surface area contributed by atoms with Crippen molar-refractivity contribution < 1.29 is 5.11 Å². The number of aliphatic hydroxyl groups is 1. The molecular weight excluding hydrogens is 150 g/mol. The fraction of sp³-hybridized carbons (Fsp3) is 0.700. The average molecular weight is 165 g/mol. The maximum atomic E-state index is 9.90. The maximum Gasteiger partial charge on any atom is 0.157 e. The molecule has 0 amide bonds. The fourth-order valence-electron chi connectivity index (χ4n) is 1.78. The van der Waals surface area contributed by atoms with E-state index in [1.807, 2.05) is 26.0 Å². The molecule has 1 N–H and O–H groups in total. The van der Waals surface area contributed by atoms with Crippen LogP contribution >= 0.6 is 0 Å². The highest BCUT2D eigenvalue weighted by atomic mass is 16.3. The van der Waals surface area contributed by atoms with E-state index in [0.717, 1.165) is 6.42 Å². The van der Waals surface area contributed by atoms with Gasteiger partial charge in [0.1, 0.15) is 0 Å². The van der Waals surface area contributed by atoms with Crippen molar-refractivity contribution >= 4 is 0 Å². The van der Waals surface area contributed by atoms with Gasteiger partial charge in [-0.05, 0) is 18.8 Å². The number of nitriles is 1. The standard InChI is InChI=1S/C10H15NO/c1-8(2)9-5-3-4-6-10(9,12)7-11/h3,5,8-9,12H,4,6H2,1-2H3. The summed E-state index contributed by atoms with van der Waals surface area (Å²) in [7, 11) is 0. The molecule has 0 aliphatic heterocycles. The molecule has 0 spiro atoms. The van der Waals surface area contributed by atoms with Gasteiger partial charge in [0.2, 0.25) is 0 Å². The Morgan fingerprint density at radius 2 is 2.33 bits per heavy atom. The number of hydrogen-bond donors (Lipinski definition) is 1. The van der Waals surface area contributed by atoms with E-state index in [9.17, 15) is 5.11 Å². The van der Waals surface area contributed by atoms with E-state index in [4.69, 9.17) is 5.26 Å². The van der Waals surface area contributed by atoms with E-state index in [1.165, 1.54) is 0 Å². The molecule has 2 heteroatoms. The Kier molecular flexibility index (Phi) is 2.54. The Hall–Kier alpha value is -0.810. The fourth-order valence-corrected chi connectivity index (χ4v) is 1.78. The van der Waals surface area contributed by atoms with Crippen molar-refractivity contribution in [1.82, 2.24) is 0 Å². The minimum atomic E-state index is -1.12.